The largest absolute Gasteiger partial charge is 0.450 e. The van der Waals surface area contributed by atoms with E-state index in [2.05, 4.69) is 15.6 Å². The maximum atomic E-state index is 11.7. The molecule has 2 N–H and O–H groups in total. The Morgan fingerprint density at radius 2 is 1.92 bits per heavy atom. The zero-order chi connectivity index (χ0) is 18.0. The van der Waals surface area contributed by atoms with Crippen LogP contribution in [0.5, 0.6) is 0 Å². The van der Waals surface area contributed by atoms with Crippen LogP contribution in [0.15, 0.2) is 4.99 Å². The number of aliphatic imine (C=N–C) groups is 1. The van der Waals surface area contributed by atoms with Gasteiger partial charge in [-0.3, -0.25) is 4.99 Å². The summed E-state index contributed by atoms with van der Waals surface area (Å²) >= 11 is 0. The average Bonchev–Trinajstić information content (AvgIpc) is 2.51. The predicted molar refractivity (Wildman–Crippen MR) is 110 cm³/mol. The Morgan fingerprint density at radius 1 is 1.28 bits per heavy atom. The van der Waals surface area contributed by atoms with Crippen LogP contribution in [0.1, 0.15) is 33.1 Å². The Balaban J connectivity index is 0.00000576. The van der Waals surface area contributed by atoms with Crippen LogP contribution < -0.4 is 10.6 Å². The summed E-state index contributed by atoms with van der Waals surface area (Å²) in [6.07, 6.45) is 3.14. The Morgan fingerprint density at radius 3 is 2.44 bits per heavy atom. The molecule has 0 radical (unpaired) electrons. The smallest absolute Gasteiger partial charge is 0.409 e. The van der Waals surface area contributed by atoms with Gasteiger partial charge in [0.25, 0.3) is 0 Å². The second kappa shape index (κ2) is 12.6. The number of piperidine rings is 1. The number of amides is 1. The lowest BCUT2D eigenvalue weighted by molar-refractivity contribution is 0.0963. The number of rotatable bonds is 7. The van der Waals surface area contributed by atoms with Gasteiger partial charge < -0.3 is 20.3 Å². The van der Waals surface area contributed by atoms with E-state index >= 15 is 0 Å². The van der Waals surface area contributed by atoms with Crippen molar-refractivity contribution in [1.82, 2.24) is 15.5 Å². The standard InChI is InChI=1S/C15H30N4O4S.HI/c1-4-16-14(17-9-6-12-24(3,21)22)18-13-7-10-19(11-8-13)15(20)23-5-2;/h13H,4-12H2,1-3H3,(H2,16,17,18);1H. The number of sulfone groups is 1. The van der Waals surface area contributed by atoms with Crippen LogP contribution in [-0.4, -0.2) is 76.2 Å². The molecule has 0 aromatic heterocycles. The molecule has 1 aliphatic heterocycles. The normalized spacial score (nSPS) is 16.1. The molecule has 1 fully saturated rings. The van der Waals surface area contributed by atoms with Gasteiger partial charge in [0, 0.05) is 38.5 Å². The summed E-state index contributed by atoms with van der Waals surface area (Å²) in [5.74, 6) is 0.842. The molecule has 0 saturated carbocycles. The molecule has 25 heavy (non-hydrogen) atoms. The molecule has 1 saturated heterocycles. The average molecular weight is 490 g/mol. The van der Waals surface area contributed by atoms with Crippen molar-refractivity contribution in [2.24, 2.45) is 4.99 Å². The quantitative estimate of drug-likeness (QED) is 0.241. The molecule has 1 heterocycles. The highest BCUT2D eigenvalue weighted by atomic mass is 127. The van der Waals surface area contributed by atoms with E-state index in [9.17, 15) is 13.2 Å². The van der Waals surface area contributed by atoms with Gasteiger partial charge in [-0.15, -0.1) is 24.0 Å². The van der Waals surface area contributed by atoms with Crippen molar-refractivity contribution in [3.63, 3.8) is 0 Å². The van der Waals surface area contributed by atoms with E-state index in [1.165, 1.54) is 6.26 Å². The lowest BCUT2D eigenvalue weighted by Gasteiger charge is -2.32. The Bertz CT molecular complexity index is 520. The van der Waals surface area contributed by atoms with Crippen LogP contribution in [0.4, 0.5) is 4.79 Å². The summed E-state index contributed by atoms with van der Waals surface area (Å²) in [4.78, 5) is 17.8. The predicted octanol–water partition coefficient (Wildman–Crippen LogP) is 1.22. The number of ether oxygens (including phenoxy) is 1. The van der Waals surface area contributed by atoms with Crippen LogP contribution >= 0.6 is 24.0 Å². The van der Waals surface area contributed by atoms with Gasteiger partial charge in [-0.25, -0.2) is 13.2 Å². The maximum Gasteiger partial charge on any atom is 0.409 e. The molecule has 1 amide bonds. The van der Waals surface area contributed by atoms with Gasteiger partial charge in [0.1, 0.15) is 9.84 Å². The number of guanidine groups is 1. The molecule has 0 aliphatic carbocycles. The minimum absolute atomic E-state index is 0. The monoisotopic (exact) mass is 490 g/mol. The number of nitrogens with one attached hydrogen (secondary N) is 2. The Hall–Kier alpha value is -0.780. The van der Waals surface area contributed by atoms with Crippen molar-refractivity contribution in [1.29, 1.82) is 0 Å². The molecule has 0 aromatic carbocycles. The van der Waals surface area contributed by atoms with E-state index in [1.807, 2.05) is 6.92 Å². The topological polar surface area (TPSA) is 100 Å². The van der Waals surface area contributed by atoms with Crippen LogP contribution in [0, 0.1) is 0 Å². The fraction of sp³-hybridized carbons (Fsp3) is 0.867. The van der Waals surface area contributed by atoms with Gasteiger partial charge in [0.05, 0.1) is 12.4 Å². The summed E-state index contributed by atoms with van der Waals surface area (Å²) in [5, 5.41) is 6.52. The molecule has 1 rings (SSSR count). The molecule has 1 aliphatic rings. The zero-order valence-corrected chi connectivity index (χ0v) is 18.4. The summed E-state index contributed by atoms with van der Waals surface area (Å²) in [5.41, 5.74) is 0. The van der Waals surface area contributed by atoms with E-state index in [0.717, 1.165) is 19.4 Å². The highest BCUT2D eigenvalue weighted by molar-refractivity contribution is 14.0. The summed E-state index contributed by atoms with van der Waals surface area (Å²) in [6, 6.07) is 0.239. The molecule has 10 heteroatoms. The summed E-state index contributed by atoms with van der Waals surface area (Å²) in [7, 11) is -2.94. The third-order valence-corrected chi connectivity index (χ3v) is 4.68. The molecule has 0 spiro atoms. The van der Waals surface area contributed by atoms with Gasteiger partial charge in [0.2, 0.25) is 0 Å². The van der Waals surface area contributed by atoms with Crippen LogP contribution in [0.2, 0.25) is 0 Å². The second-order valence-electron chi connectivity index (χ2n) is 5.85. The van der Waals surface area contributed by atoms with Crippen molar-refractivity contribution >= 4 is 45.9 Å². The summed E-state index contributed by atoms with van der Waals surface area (Å²) < 4.78 is 27.3. The minimum Gasteiger partial charge on any atom is -0.450 e. The number of halogens is 1. The molecular weight excluding hydrogens is 459 g/mol. The molecule has 8 nitrogen and oxygen atoms in total. The Labute approximate surface area is 168 Å². The highest BCUT2D eigenvalue weighted by Crippen LogP contribution is 2.11. The van der Waals surface area contributed by atoms with Gasteiger partial charge in [-0.05, 0) is 33.1 Å². The number of nitrogens with zero attached hydrogens (tertiary/aromatic N) is 2. The SMILES string of the molecule is CCNC(=NCCCS(C)(=O)=O)NC1CCN(C(=O)OCC)CC1.I. The van der Waals surface area contributed by atoms with E-state index < -0.39 is 9.84 Å². The van der Waals surface area contributed by atoms with Crippen LogP contribution in [-0.2, 0) is 14.6 Å². The Kier molecular flexibility index (Phi) is 12.2. The number of likely N-dealkylation sites (tertiary alicyclic amines) is 1. The van der Waals surface area contributed by atoms with Crippen LogP contribution in [0.25, 0.3) is 0 Å². The first-order chi connectivity index (χ1) is 11.4. The fourth-order valence-corrected chi connectivity index (χ4v) is 3.11. The van der Waals surface area contributed by atoms with Gasteiger partial charge in [-0.2, -0.15) is 0 Å². The number of carbonyl (C=O) groups excluding carboxylic acids is 1. The van der Waals surface area contributed by atoms with Crippen molar-refractivity contribution in [2.75, 3.05) is 44.8 Å². The second-order valence-corrected chi connectivity index (χ2v) is 8.11. The first-order valence-corrected chi connectivity index (χ1v) is 10.6. The van der Waals surface area contributed by atoms with Crippen molar-refractivity contribution < 1.29 is 17.9 Å². The third-order valence-electron chi connectivity index (χ3n) is 3.65. The van der Waals surface area contributed by atoms with E-state index in [-0.39, 0.29) is 41.9 Å². The molecule has 0 aromatic rings. The molecule has 0 atom stereocenters. The number of carbonyl (C=O) groups is 1. The van der Waals surface area contributed by atoms with Crippen LogP contribution in [0.3, 0.4) is 0 Å². The first kappa shape index (κ1) is 24.2. The lowest BCUT2D eigenvalue weighted by Crippen LogP contribution is -2.50. The van der Waals surface area contributed by atoms with Gasteiger partial charge >= 0.3 is 6.09 Å². The molecular formula is C15H31IN4O4S. The highest BCUT2D eigenvalue weighted by Gasteiger charge is 2.23. The number of hydrogen-bond acceptors (Lipinski definition) is 5. The molecule has 148 valence electrons. The summed E-state index contributed by atoms with van der Waals surface area (Å²) in [6.45, 7) is 6.69. The van der Waals surface area contributed by atoms with Crippen molar-refractivity contribution in [2.45, 2.75) is 39.2 Å². The van der Waals surface area contributed by atoms with Gasteiger partial charge in [0.15, 0.2) is 5.96 Å². The van der Waals surface area contributed by atoms with Gasteiger partial charge in [-0.1, -0.05) is 0 Å². The number of hydrogen-bond donors (Lipinski definition) is 2. The minimum atomic E-state index is -2.94. The maximum absolute atomic E-state index is 11.7. The van der Waals surface area contributed by atoms with E-state index in [0.29, 0.717) is 38.6 Å². The third kappa shape index (κ3) is 10.7. The van der Waals surface area contributed by atoms with E-state index in [4.69, 9.17) is 4.74 Å². The fourth-order valence-electron chi connectivity index (χ4n) is 2.45. The first-order valence-electron chi connectivity index (χ1n) is 8.50. The lowest BCUT2D eigenvalue weighted by atomic mass is 10.1. The zero-order valence-electron chi connectivity index (χ0n) is 15.3. The molecule has 0 bridgehead atoms. The van der Waals surface area contributed by atoms with Crippen molar-refractivity contribution in [3.05, 3.63) is 0 Å². The van der Waals surface area contributed by atoms with E-state index in [1.54, 1.807) is 11.8 Å². The van der Waals surface area contributed by atoms with Crippen molar-refractivity contribution in [3.8, 4) is 0 Å². The molecule has 0 unspecified atom stereocenters.